The van der Waals surface area contributed by atoms with Gasteiger partial charge in [0.2, 0.25) is 5.91 Å². The normalized spacial score (nSPS) is 16.7. The number of amides is 1. The van der Waals surface area contributed by atoms with E-state index in [4.69, 9.17) is 0 Å². The first kappa shape index (κ1) is 13.6. The fourth-order valence-electron chi connectivity index (χ4n) is 2.63. The van der Waals surface area contributed by atoms with Gasteiger partial charge in [0.25, 0.3) is 0 Å². The van der Waals surface area contributed by atoms with Crippen molar-refractivity contribution >= 4 is 11.6 Å². The second-order valence-corrected chi connectivity index (χ2v) is 5.30. The Bertz CT molecular complexity index is 612. The third kappa shape index (κ3) is 3.40. The molecule has 0 aliphatic carbocycles. The third-order valence-electron chi connectivity index (χ3n) is 3.80. The maximum absolute atomic E-state index is 12.2. The molecule has 0 saturated heterocycles. The lowest BCUT2D eigenvalue weighted by atomic mass is 9.93. The average Bonchev–Trinajstić information content (AvgIpc) is 2.55. The first-order chi connectivity index (χ1) is 10.3. The summed E-state index contributed by atoms with van der Waals surface area (Å²) in [6.45, 7) is 1.33. The molecular formula is C17H19N3O. The van der Waals surface area contributed by atoms with Crippen LogP contribution in [0.2, 0.25) is 0 Å². The Morgan fingerprint density at radius 2 is 2.10 bits per heavy atom. The van der Waals surface area contributed by atoms with Crippen molar-refractivity contribution in [3.63, 3.8) is 0 Å². The summed E-state index contributed by atoms with van der Waals surface area (Å²) < 4.78 is 0. The number of para-hydroxylation sites is 1. The molecule has 21 heavy (non-hydrogen) atoms. The van der Waals surface area contributed by atoms with E-state index in [1.807, 2.05) is 30.3 Å². The van der Waals surface area contributed by atoms with Gasteiger partial charge in [-0.05, 0) is 30.2 Å². The van der Waals surface area contributed by atoms with Crippen LogP contribution in [0.4, 0.5) is 5.69 Å². The zero-order valence-electron chi connectivity index (χ0n) is 11.9. The van der Waals surface area contributed by atoms with E-state index >= 15 is 0 Å². The molecule has 0 fully saturated rings. The van der Waals surface area contributed by atoms with Gasteiger partial charge in [-0.2, -0.15) is 0 Å². The zero-order chi connectivity index (χ0) is 14.5. The Morgan fingerprint density at radius 1 is 1.24 bits per heavy atom. The Balaban J connectivity index is 1.50. The summed E-state index contributed by atoms with van der Waals surface area (Å²) in [5.74, 6) is 0.122. The van der Waals surface area contributed by atoms with Crippen LogP contribution in [0.3, 0.4) is 0 Å². The fraction of sp³-hybridized carbons (Fsp3) is 0.294. The Hall–Kier alpha value is -2.36. The van der Waals surface area contributed by atoms with Crippen molar-refractivity contribution < 1.29 is 4.79 Å². The van der Waals surface area contributed by atoms with Crippen LogP contribution in [0.1, 0.15) is 11.3 Å². The van der Waals surface area contributed by atoms with Crippen LogP contribution in [0.15, 0.2) is 48.7 Å². The highest BCUT2D eigenvalue weighted by Crippen LogP contribution is 2.24. The molecule has 1 unspecified atom stereocenters. The number of anilines is 1. The van der Waals surface area contributed by atoms with E-state index in [0.29, 0.717) is 13.1 Å². The van der Waals surface area contributed by atoms with Crippen molar-refractivity contribution in [1.29, 1.82) is 0 Å². The summed E-state index contributed by atoms with van der Waals surface area (Å²) in [7, 11) is 0. The van der Waals surface area contributed by atoms with E-state index in [9.17, 15) is 4.79 Å². The minimum Gasteiger partial charge on any atom is -0.384 e. The van der Waals surface area contributed by atoms with Crippen LogP contribution >= 0.6 is 0 Å². The van der Waals surface area contributed by atoms with E-state index in [1.54, 1.807) is 6.20 Å². The molecule has 2 heterocycles. The molecule has 0 bridgehead atoms. The van der Waals surface area contributed by atoms with Crippen molar-refractivity contribution in [2.45, 2.75) is 12.8 Å². The lowest BCUT2D eigenvalue weighted by molar-refractivity contribution is -0.124. The van der Waals surface area contributed by atoms with E-state index in [2.05, 4.69) is 27.8 Å². The molecule has 1 aromatic heterocycles. The number of hydrogen-bond donors (Lipinski definition) is 2. The maximum atomic E-state index is 12.2. The maximum Gasteiger partial charge on any atom is 0.225 e. The number of hydrogen-bond acceptors (Lipinski definition) is 3. The standard InChI is InChI=1S/C17H19N3O/c21-17(19-10-8-15-6-3-4-9-18-15)14-11-13-5-1-2-7-16(13)20-12-14/h1-7,9,14,20H,8,10-12H2,(H,19,21). The molecule has 1 aliphatic rings. The van der Waals surface area contributed by atoms with Gasteiger partial charge in [-0.25, -0.2) is 0 Å². The summed E-state index contributed by atoms with van der Waals surface area (Å²) in [6.07, 6.45) is 3.35. The molecule has 3 rings (SSSR count). The second-order valence-electron chi connectivity index (χ2n) is 5.30. The molecular weight excluding hydrogens is 262 g/mol. The minimum absolute atomic E-state index is 0.00336. The van der Waals surface area contributed by atoms with Crippen molar-refractivity contribution in [2.24, 2.45) is 5.92 Å². The molecule has 1 aromatic carbocycles. The van der Waals surface area contributed by atoms with Crippen LogP contribution in [-0.2, 0) is 17.6 Å². The number of rotatable bonds is 4. The van der Waals surface area contributed by atoms with Gasteiger partial charge in [0.1, 0.15) is 0 Å². The van der Waals surface area contributed by atoms with Gasteiger partial charge < -0.3 is 10.6 Å². The zero-order valence-corrected chi connectivity index (χ0v) is 11.9. The molecule has 0 radical (unpaired) electrons. The molecule has 2 N–H and O–H groups in total. The smallest absolute Gasteiger partial charge is 0.225 e. The van der Waals surface area contributed by atoms with Crippen LogP contribution in [0, 0.1) is 5.92 Å². The SMILES string of the molecule is O=C(NCCc1ccccn1)C1CNc2ccccc2C1. The van der Waals surface area contributed by atoms with Crippen molar-refractivity contribution in [3.05, 3.63) is 59.9 Å². The number of carbonyl (C=O) groups is 1. The molecule has 0 saturated carbocycles. The highest BCUT2D eigenvalue weighted by molar-refractivity contribution is 5.80. The molecule has 4 nitrogen and oxygen atoms in total. The summed E-state index contributed by atoms with van der Waals surface area (Å²) in [6, 6.07) is 14.0. The first-order valence-corrected chi connectivity index (χ1v) is 7.32. The molecule has 1 aliphatic heterocycles. The van der Waals surface area contributed by atoms with Gasteiger partial charge in [-0.3, -0.25) is 9.78 Å². The summed E-state index contributed by atoms with van der Waals surface area (Å²) in [4.78, 5) is 16.5. The topological polar surface area (TPSA) is 54.0 Å². The highest BCUT2D eigenvalue weighted by atomic mass is 16.1. The number of benzene rings is 1. The summed E-state index contributed by atoms with van der Waals surface area (Å²) in [5, 5.41) is 6.34. The largest absolute Gasteiger partial charge is 0.384 e. The lowest BCUT2D eigenvalue weighted by Crippen LogP contribution is -2.39. The monoisotopic (exact) mass is 281 g/mol. The molecule has 2 aromatic rings. The van der Waals surface area contributed by atoms with E-state index in [-0.39, 0.29) is 11.8 Å². The molecule has 0 spiro atoms. The Labute approximate surface area is 124 Å². The highest BCUT2D eigenvalue weighted by Gasteiger charge is 2.23. The molecule has 4 heteroatoms. The van der Waals surface area contributed by atoms with Gasteiger partial charge in [-0.1, -0.05) is 24.3 Å². The number of fused-ring (bicyclic) bond motifs is 1. The summed E-state index contributed by atoms with van der Waals surface area (Å²) in [5.41, 5.74) is 3.37. The Kier molecular flexibility index (Phi) is 4.15. The Morgan fingerprint density at radius 3 is 2.95 bits per heavy atom. The predicted molar refractivity (Wildman–Crippen MR) is 83.1 cm³/mol. The van der Waals surface area contributed by atoms with Gasteiger partial charge in [0, 0.05) is 37.1 Å². The van der Waals surface area contributed by atoms with Crippen molar-refractivity contribution in [2.75, 3.05) is 18.4 Å². The quantitative estimate of drug-likeness (QED) is 0.901. The van der Waals surface area contributed by atoms with E-state index < -0.39 is 0 Å². The predicted octanol–water partition coefficient (Wildman–Crippen LogP) is 2.02. The third-order valence-corrected chi connectivity index (χ3v) is 3.80. The molecule has 1 amide bonds. The van der Waals surface area contributed by atoms with E-state index in [1.165, 1.54) is 5.56 Å². The average molecular weight is 281 g/mol. The van der Waals surface area contributed by atoms with Gasteiger partial charge in [0.15, 0.2) is 0 Å². The lowest BCUT2D eigenvalue weighted by Gasteiger charge is -2.25. The van der Waals surface area contributed by atoms with Crippen LogP contribution in [0.5, 0.6) is 0 Å². The number of nitrogens with zero attached hydrogens (tertiary/aromatic N) is 1. The number of carbonyl (C=O) groups excluding carboxylic acids is 1. The van der Waals surface area contributed by atoms with Crippen LogP contribution in [0.25, 0.3) is 0 Å². The molecule has 1 atom stereocenters. The minimum atomic E-state index is 0.00336. The van der Waals surface area contributed by atoms with E-state index in [0.717, 1.165) is 24.2 Å². The first-order valence-electron chi connectivity index (χ1n) is 7.32. The number of nitrogens with one attached hydrogen (secondary N) is 2. The van der Waals surface area contributed by atoms with Crippen molar-refractivity contribution in [3.8, 4) is 0 Å². The van der Waals surface area contributed by atoms with Gasteiger partial charge in [-0.15, -0.1) is 0 Å². The van der Waals surface area contributed by atoms with Gasteiger partial charge in [0.05, 0.1) is 5.92 Å². The number of pyridine rings is 1. The second kappa shape index (κ2) is 6.39. The van der Waals surface area contributed by atoms with Crippen LogP contribution < -0.4 is 10.6 Å². The number of aromatic nitrogens is 1. The molecule has 108 valence electrons. The fourth-order valence-corrected chi connectivity index (χ4v) is 2.63. The van der Waals surface area contributed by atoms with Crippen LogP contribution in [-0.4, -0.2) is 24.0 Å². The van der Waals surface area contributed by atoms with Gasteiger partial charge >= 0.3 is 0 Å². The van der Waals surface area contributed by atoms with Crippen molar-refractivity contribution in [1.82, 2.24) is 10.3 Å². The summed E-state index contributed by atoms with van der Waals surface area (Å²) >= 11 is 0.